The molecule has 3 rings (SSSR count). The quantitative estimate of drug-likeness (QED) is 0.833. The zero-order chi connectivity index (χ0) is 15.1. The summed E-state index contributed by atoms with van der Waals surface area (Å²) < 4.78 is 26.7. The van der Waals surface area contributed by atoms with Gasteiger partial charge in [-0.3, -0.25) is 9.48 Å². The van der Waals surface area contributed by atoms with E-state index in [9.17, 15) is 13.6 Å². The standard InChI is InChI=1S/C13H17ClF2N4O/c1-18-3-2-4-20-9(7-18)10(14)11(17-20)13(21)19-5-8(6-19)12(15)16/h8,12H,2-7H2,1H3. The van der Waals surface area contributed by atoms with E-state index in [-0.39, 0.29) is 24.7 Å². The van der Waals surface area contributed by atoms with Crippen molar-refractivity contribution in [2.75, 3.05) is 26.7 Å². The van der Waals surface area contributed by atoms with Crippen LogP contribution in [0.25, 0.3) is 0 Å². The van der Waals surface area contributed by atoms with Crippen molar-refractivity contribution in [3.63, 3.8) is 0 Å². The van der Waals surface area contributed by atoms with Gasteiger partial charge in [0.1, 0.15) is 0 Å². The maximum Gasteiger partial charge on any atom is 0.275 e. The zero-order valence-corrected chi connectivity index (χ0v) is 12.5. The van der Waals surface area contributed by atoms with Gasteiger partial charge >= 0.3 is 0 Å². The van der Waals surface area contributed by atoms with E-state index in [1.165, 1.54) is 4.90 Å². The topological polar surface area (TPSA) is 41.4 Å². The monoisotopic (exact) mass is 318 g/mol. The second-order valence-corrected chi connectivity index (χ2v) is 6.11. The van der Waals surface area contributed by atoms with E-state index >= 15 is 0 Å². The SMILES string of the molecule is CN1CCCn2nc(C(=O)N3CC(C(F)F)C3)c(Cl)c2C1. The Morgan fingerprint density at radius 3 is 2.76 bits per heavy atom. The lowest BCUT2D eigenvalue weighted by molar-refractivity contribution is -0.0155. The van der Waals surface area contributed by atoms with E-state index < -0.39 is 12.3 Å². The molecule has 1 aromatic rings. The Morgan fingerprint density at radius 2 is 2.10 bits per heavy atom. The third-order valence-corrected chi connectivity index (χ3v) is 4.48. The molecule has 0 N–H and O–H groups in total. The van der Waals surface area contributed by atoms with Crippen molar-refractivity contribution in [2.45, 2.75) is 25.9 Å². The van der Waals surface area contributed by atoms with Crippen molar-refractivity contribution in [3.05, 3.63) is 16.4 Å². The molecule has 3 heterocycles. The highest BCUT2D eigenvalue weighted by Gasteiger charge is 2.39. The summed E-state index contributed by atoms with van der Waals surface area (Å²) in [6.07, 6.45) is -1.44. The van der Waals surface area contributed by atoms with Crippen LogP contribution in [0.1, 0.15) is 22.6 Å². The molecule has 8 heteroatoms. The molecule has 0 aromatic carbocycles. The van der Waals surface area contributed by atoms with Crippen LogP contribution in [0.5, 0.6) is 0 Å². The Bertz CT molecular complexity index is 557. The number of alkyl halides is 2. The maximum absolute atomic E-state index is 12.5. The minimum atomic E-state index is -2.38. The summed E-state index contributed by atoms with van der Waals surface area (Å²) in [5.41, 5.74) is 1.01. The van der Waals surface area contributed by atoms with Gasteiger partial charge in [-0.1, -0.05) is 11.6 Å². The van der Waals surface area contributed by atoms with Gasteiger partial charge in [0, 0.05) is 32.7 Å². The van der Waals surface area contributed by atoms with Crippen LogP contribution >= 0.6 is 11.6 Å². The van der Waals surface area contributed by atoms with Crippen LogP contribution in [0, 0.1) is 5.92 Å². The average Bonchev–Trinajstić information content (AvgIpc) is 2.54. The van der Waals surface area contributed by atoms with E-state index in [0.717, 1.165) is 18.7 Å². The van der Waals surface area contributed by atoms with Gasteiger partial charge < -0.3 is 9.80 Å². The van der Waals surface area contributed by atoms with Gasteiger partial charge in [0.25, 0.3) is 5.91 Å². The number of carbonyl (C=O) groups excluding carboxylic acids is 1. The number of hydrogen-bond acceptors (Lipinski definition) is 3. The van der Waals surface area contributed by atoms with Gasteiger partial charge in [-0.2, -0.15) is 5.10 Å². The number of hydrogen-bond donors (Lipinski definition) is 0. The number of likely N-dealkylation sites (tertiary alicyclic amines) is 1. The average molecular weight is 319 g/mol. The fraction of sp³-hybridized carbons (Fsp3) is 0.692. The first-order chi connectivity index (χ1) is 9.97. The number of aryl methyl sites for hydroxylation is 1. The molecule has 0 saturated carbocycles. The highest BCUT2D eigenvalue weighted by Crippen LogP contribution is 2.29. The van der Waals surface area contributed by atoms with Crippen molar-refractivity contribution in [1.82, 2.24) is 19.6 Å². The predicted octanol–water partition coefficient (Wildman–Crippen LogP) is 1.71. The summed E-state index contributed by atoms with van der Waals surface area (Å²) in [5.74, 6) is -1.07. The summed E-state index contributed by atoms with van der Waals surface area (Å²) >= 11 is 6.29. The summed E-state index contributed by atoms with van der Waals surface area (Å²) in [4.78, 5) is 15.8. The molecule has 21 heavy (non-hydrogen) atoms. The van der Waals surface area contributed by atoms with E-state index in [1.54, 1.807) is 4.68 Å². The molecule has 1 aromatic heterocycles. The molecule has 2 aliphatic heterocycles. The first-order valence-corrected chi connectivity index (χ1v) is 7.36. The van der Waals surface area contributed by atoms with Crippen LogP contribution in [-0.4, -0.2) is 58.6 Å². The van der Waals surface area contributed by atoms with Gasteiger partial charge in [-0.25, -0.2) is 8.78 Å². The van der Waals surface area contributed by atoms with Crippen LogP contribution in [0.3, 0.4) is 0 Å². The Kier molecular flexibility index (Phi) is 3.88. The lowest BCUT2D eigenvalue weighted by Crippen LogP contribution is -2.52. The summed E-state index contributed by atoms with van der Waals surface area (Å²) in [5, 5.41) is 4.65. The Balaban J connectivity index is 1.78. The first-order valence-electron chi connectivity index (χ1n) is 6.98. The lowest BCUT2D eigenvalue weighted by atomic mass is 10.0. The molecular formula is C13H17ClF2N4O. The maximum atomic E-state index is 12.5. The molecule has 0 aliphatic carbocycles. The second kappa shape index (κ2) is 5.53. The highest BCUT2D eigenvalue weighted by molar-refractivity contribution is 6.34. The van der Waals surface area contributed by atoms with Gasteiger partial charge in [0.05, 0.1) is 16.6 Å². The minimum Gasteiger partial charge on any atom is -0.336 e. The van der Waals surface area contributed by atoms with Crippen molar-refractivity contribution in [1.29, 1.82) is 0 Å². The molecule has 0 radical (unpaired) electrons. The molecule has 2 aliphatic rings. The van der Waals surface area contributed by atoms with Gasteiger partial charge in [0.2, 0.25) is 6.43 Å². The minimum absolute atomic E-state index is 0.0783. The molecule has 0 spiro atoms. The van der Waals surface area contributed by atoms with Crippen LogP contribution in [-0.2, 0) is 13.1 Å². The molecule has 116 valence electrons. The van der Waals surface area contributed by atoms with Crippen molar-refractivity contribution in [3.8, 4) is 0 Å². The van der Waals surface area contributed by atoms with Crippen LogP contribution in [0.4, 0.5) is 8.78 Å². The van der Waals surface area contributed by atoms with E-state index in [4.69, 9.17) is 11.6 Å². The molecule has 1 fully saturated rings. The third-order valence-electron chi connectivity index (χ3n) is 4.08. The van der Waals surface area contributed by atoms with Crippen molar-refractivity contribution < 1.29 is 13.6 Å². The van der Waals surface area contributed by atoms with Crippen molar-refractivity contribution in [2.24, 2.45) is 5.92 Å². The summed E-state index contributed by atoms with van der Waals surface area (Å²) in [6, 6.07) is 0. The Labute approximate surface area is 126 Å². The smallest absolute Gasteiger partial charge is 0.275 e. The van der Waals surface area contributed by atoms with Crippen LogP contribution in [0.15, 0.2) is 0 Å². The number of carbonyl (C=O) groups is 1. The van der Waals surface area contributed by atoms with Crippen LogP contribution in [0.2, 0.25) is 5.02 Å². The fourth-order valence-corrected chi connectivity index (χ4v) is 3.04. The number of rotatable bonds is 2. The summed E-state index contributed by atoms with van der Waals surface area (Å²) in [7, 11) is 1.99. The van der Waals surface area contributed by atoms with E-state index in [0.29, 0.717) is 18.1 Å². The molecule has 1 amide bonds. The number of amides is 1. The summed E-state index contributed by atoms with van der Waals surface area (Å²) in [6.45, 7) is 2.46. The number of halogens is 3. The number of fused-ring (bicyclic) bond motifs is 1. The van der Waals surface area contributed by atoms with Gasteiger partial charge in [-0.05, 0) is 13.5 Å². The molecule has 0 unspecified atom stereocenters. The molecule has 0 atom stereocenters. The third kappa shape index (κ3) is 2.64. The molecular weight excluding hydrogens is 302 g/mol. The molecule has 0 bridgehead atoms. The van der Waals surface area contributed by atoms with Gasteiger partial charge in [-0.15, -0.1) is 0 Å². The fourth-order valence-electron chi connectivity index (χ4n) is 2.76. The van der Waals surface area contributed by atoms with E-state index in [1.807, 2.05) is 7.05 Å². The molecule has 5 nitrogen and oxygen atoms in total. The Hall–Kier alpha value is -1.21. The predicted molar refractivity (Wildman–Crippen MR) is 73.6 cm³/mol. The zero-order valence-electron chi connectivity index (χ0n) is 11.7. The lowest BCUT2D eigenvalue weighted by Gasteiger charge is -2.38. The number of aromatic nitrogens is 2. The Morgan fingerprint density at radius 1 is 1.38 bits per heavy atom. The number of nitrogens with zero attached hydrogens (tertiary/aromatic N) is 4. The molecule has 1 saturated heterocycles. The highest BCUT2D eigenvalue weighted by atomic mass is 35.5. The van der Waals surface area contributed by atoms with E-state index in [2.05, 4.69) is 10.00 Å². The van der Waals surface area contributed by atoms with Gasteiger partial charge in [0.15, 0.2) is 5.69 Å². The normalized spacial score (nSPS) is 20.3. The first kappa shape index (κ1) is 14.7. The largest absolute Gasteiger partial charge is 0.336 e. The second-order valence-electron chi connectivity index (χ2n) is 5.73. The van der Waals surface area contributed by atoms with Crippen LogP contribution < -0.4 is 0 Å². The van der Waals surface area contributed by atoms with Crippen molar-refractivity contribution >= 4 is 17.5 Å².